The van der Waals surface area contributed by atoms with E-state index < -0.39 is 12.1 Å². The summed E-state index contributed by atoms with van der Waals surface area (Å²) in [6.45, 7) is 4.52. The van der Waals surface area contributed by atoms with Gasteiger partial charge in [-0.05, 0) is 18.8 Å². The number of carbonyl (C=O) groups is 2. The van der Waals surface area contributed by atoms with Gasteiger partial charge in [0.25, 0.3) is 0 Å². The highest BCUT2D eigenvalue weighted by Gasteiger charge is 2.38. The standard InChI is InChI=1S/C15H22BrN3O3/c1-9(2)13(18-15(21)22-3)14(20)19-6-4-5-12(19)11-7-10(16)8-17-11/h8-9,12-13H,4-7H2,1-3H3,(H,18,21)/t12-,13-/m0/s1. The highest BCUT2D eigenvalue weighted by molar-refractivity contribution is 9.11. The fraction of sp³-hybridized carbons (Fsp3) is 0.667. The molecule has 0 spiro atoms. The van der Waals surface area contributed by atoms with Gasteiger partial charge in [-0.15, -0.1) is 0 Å². The van der Waals surface area contributed by atoms with Crippen molar-refractivity contribution in [3.63, 3.8) is 0 Å². The summed E-state index contributed by atoms with van der Waals surface area (Å²) < 4.78 is 5.66. The number of aliphatic imine (C=N–C) groups is 1. The smallest absolute Gasteiger partial charge is 0.407 e. The van der Waals surface area contributed by atoms with Crippen LogP contribution in [0.4, 0.5) is 4.79 Å². The van der Waals surface area contributed by atoms with E-state index in [9.17, 15) is 9.59 Å². The molecule has 6 nitrogen and oxygen atoms in total. The molecule has 2 rings (SSSR count). The second kappa shape index (κ2) is 7.26. The Hall–Kier alpha value is -1.37. The minimum atomic E-state index is -0.578. The average Bonchev–Trinajstić information content (AvgIpc) is 3.11. The lowest BCUT2D eigenvalue weighted by molar-refractivity contribution is -0.134. The van der Waals surface area contributed by atoms with Crippen LogP contribution in [0.5, 0.6) is 0 Å². The molecule has 0 aromatic carbocycles. The number of hydrogen-bond acceptors (Lipinski definition) is 4. The Morgan fingerprint density at radius 1 is 1.50 bits per heavy atom. The molecule has 2 amide bonds. The number of carbonyl (C=O) groups excluding carboxylic acids is 2. The molecule has 1 fully saturated rings. The second-order valence-corrected chi connectivity index (χ2v) is 6.94. The molecule has 0 aromatic rings. The Bertz CT molecular complexity index is 516. The molecule has 1 N–H and O–H groups in total. The van der Waals surface area contributed by atoms with E-state index in [2.05, 4.69) is 31.0 Å². The van der Waals surface area contributed by atoms with Gasteiger partial charge in [-0.25, -0.2) is 4.79 Å². The van der Waals surface area contributed by atoms with Crippen molar-refractivity contribution in [2.75, 3.05) is 13.7 Å². The summed E-state index contributed by atoms with van der Waals surface area (Å²) in [5.41, 5.74) is 1.01. The normalized spacial score (nSPS) is 22.4. The van der Waals surface area contributed by atoms with Crippen LogP contribution in [0.2, 0.25) is 0 Å². The lowest BCUT2D eigenvalue weighted by Gasteiger charge is -2.30. The first-order valence-corrected chi connectivity index (χ1v) is 8.29. The van der Waals surface area contributed by atoms with E-state index >= 15 is 0 Å². The number of allylic oxidation sites excluding steroid dienone is 1. The Morgan fingerprint density at radius 2 is 2.23 bits per heavy atom. The van der Waals surface area contributed by atoms with Crippen molar-refractivity contribution in [3.05, 3.63) is 10.7 Å². The van der Waals surface area contributed by atoms with Gasteiger partial charge in [-0.3, -0.25) is 9.79 Å². The first kappa shape index (κ1) is 17.0. The molecule has 2 heterocycles. The molecule has 2 aliphatic heterocycles. The molecule has 22 heavy (non-hydrogen) atoms. The Morgan fingerprint density at radius 3 is 2.77 bits per heavy atom. The minimum absolute atomic E-state index is 0.0109. The SMILES string of the molecule is COC(=O)N[C@H](C(=O)N1CCC[C@H]1C1=NC=C(Br)C1)C(C)C. The van der Waals surface area contributed by atoms with E-state index in [1.54, 1.807) is 6.20 Å². The predicted molar refractivity (Wildman–Crippen MR) is 88.0 cm³/mol. The van der Waals surface area contributed by atoms with E-state index in [4.69, 9.17) is 0 Å². The van der Waals surface area contributed by atoms with Gasteiger partial charge in [0.05, 0.1) is 13.2 Å². The Balaban J connectivity index is 2.10. The zero-order valence-corrected chi connectivity index (χ0v) is 14.7. The second-order valence-electron chi connectivity index (χ2n) is 5.92. The maximum absolute atomic E-state index is 12.9. The quantitative estimate of drug-likeness (QED) is 0.824. The summed E-state index contributed by atoms with van der Waals surface area (Å²) in [5.74, 6) is -0.0724. The van der Waals surface area contributed by atoms with Crippen LogP contribution >= 0.6 is 15.9 Å². The van der Waals surface area contributed by atoms with Gasteiger partial charge in [0.2, 0.25) is 5.91 Å². The fourth-order valence-electron chi connectivity index (χ4n) is 2.88. The van der Waals surface area contributed by atoms with Crippen LogP contribution in [0.3, 0.4) is 0 Å². The summed E-state index contributed by atoms with van der Waals surface area (Å²) in [6, 6.07) is -0.550. The van der Waals surface area contributed by atoms with Gasteiger partial charge in [-0.2, -0.15) is 0 Å². The molecule has 0 aromatic heterocycles. The largest absolute Gasteiger partial charge is 0.453 e. The average molecular weight is 372 g/mol. The van der Waals surface area contributed by atoms with Crippen molar-refractivity contribution >= 4 is 33.6 Å². The summed E-state index contributed by atoms with van der Waals surface area (Å²) in [4.78, 5) is 30.6. The third-order valence-electron chi connectivity index (χ3n) is 4.03. The van der Waals surface area contributed by atoms with Crippen molar-refractivity contribution in [2.24, 2.45) is 10.9 Å². The molecule has 7 heteroatoms. The van der Waals surface area contributed by atoms with E-state index in [0.717, 1.165) is 29.5 Å². The van der Waals surface area contributed by atoms with Crippen molar-refractivity contribution < 1.29 is 14.3 Å². The lowest BCUT2D eigenvalue weighted by atomic mass is 10.0. The van der Waals surface area contributed by atoms with Crippen LogP contribution in [-0.4, -0.2) is 48.4 Å². The maximum atomic E-state index is 12.9. The lowest BCUT2D eigenvalue weighted by Crippen LogP contribution is -2.53. The number of rotatable bonds is 4. The van der Waals surface area contributed by atoms with Gasteiger partial charge in [0, 0.05) is 29.4 Å². The highest BCUT2D eigenvalue weighted by Crippen LogP contribution is 2.28. The molecule has 122 valence electrons. The molecular weight excluding hydrogens is 350 g/mol. The van der Waals surface area contributed by atoms with Crippen molar-refractivity contribution in [1.29, 1.82) is 0 Å². The van der Waals surface area contributed by atoms with Crippen LogP contribution in [-0.2, 0) is 9.53 Å². The number of ether oxygens (including phenoxy) is 1. The zero-order chi connectivity index (χ0) is 16.3. The number of nitrogens with one attached hydrogen (secondary N) is 1. The maximum Gasteiger partial charge on any atom is 0.407 e. The third-order valence-corrected chi connectivity index (χ3v) is 4.52. The molecule has 0 radical (unpaired) electrons. The first-order chi connectivity index (χ1) is 10.4. The molecule has 1 saturated heterocycles. The summed E-state index contributed by atoms with van der Waals surface area (Å²) >= 11 is 3.45. The van der Waals surface area contributed by atoms with Crippen molar-refractivity contribution in [3.8, 4) is 0 Å². The topological polar surface area (TPSA) is 71.0 Å². The molecule has 2 atom stereocenters. The van der Waals surface area contributed by atoms with Gasteiger partial charge < -0.3 is 15.0 Å². The fourth-order valence-corrected chi connectivity index (χ4v) is 3.27. The van der Waals surface area contributed by atoms with Crippen LogP contribution in [0, 0.1) is 5.92 Å². The summed E-state index contributed by atoms with van der Waals surface area (Å²) in [7, 11) is 1.30. The van der Waals surface area contributed by atoms with E-state index in [-0.39, 0.29) is 17.9 Å². The number of alkyl carbamates (subject to hydrolysis) is 1. The van der Waals surface area contributed by atoms with Crippen LogP contribution < -0.4 is 5.32 Å². The van der Waals surface area contributed by atoms with Gasteiger partial charge in [-0.1, -0.05) is 29.8 Å². The van der Waals surface area contributed by atoms with Gasteiger partial charge >= 0.3 is 6.09 Å². The molecule has 0 saturated carbocycles. The Kier molecular flexibility index (Phi) is 5.61. The number of halogens is 1. The minimum Gasteiger partial charge on any atom is -0.453 e. The first-order valence-electron chi connectivity index (χ1n) is 7.50. The van der Waals surface area contributed by atoms with E-state index in [0.29, 0.717) is 6.54 Å². The summed E-state index contributed by atoms with van der Waals surface area (Å²) in [5, 5.41) is 2.65. The number of amides is 2. The zero-order valence-electron chi connectivity index (χ0n) is 13.1. The number of methoxy groups -OCH3 is 1. The molecular formula is C15H22BrN3O3. The molecule has 2 aliphatic rings. The van der Waals surface area contributed by atoms with Crippen LogP contribution in [0.1, 0.15) is 33.1 Å². The number of nitrogens with zero attached hydrogens (tertiary/aromatic N) is 2. The monoisotopic (exact) mass is 371 g/mol. The van der Waals surface area contributed by atoms with Crippen LogP contribution in [0.25, 0.3) is 0 Å². The molecule has 0 unspecified atom stereocenters. The van der Waals surface area contributed by atoms with Gasteiger partial charge in [0.1, 0.15) is 6.04 Å². The molecule has 0 aliphatic carbocycles. The van der Waals surface area contributed by atoms with Crippen LogP contribution in [0.15, 0.2) is 15.7 Å². The highest BCUT2D eigenvalue weighted by atomic mass is 79.9. The Labute approximate surface area is 139 Å². The van der Waals surface area contributed by atoms with E-state index in [1.807, 2.05) is 18.7 Å². The summed E-state index contributed by atoms with van der Waals surface area (Å²) in [6.07, 6.45) is 3.84. The van der Waals surface area contributed by atoms with E-state index in [1.165, 1.54) is 7.11 Å². The molecule has 0 bridgehead atoms. The predicted octanol–water partition coefficient (Wildman–Crippen LogP) is 2.44. The number of hydrogen-bond donors (Lipinski definition) is 1. The van der Waals surface area contributed by atoms with Crippen molar-refractivity contribution in [1.82, 2.24) is 10.2 Å². The number of likely N-dealkylation sites (tertiary alicyclic amines) is 1. The van der Waals surface area contributed by atoms with Gasteiger partial charge in [0.15, 0.2) is 0 Å². The van der Waals surface area contributed by atoms with Crippen molar-refractivity contribution in [2.45, 2.75) is 45.2 Å². The third kappa shape index (κ3) is 3.69.